The van der Waals surface area contributed by atoms with Gasteiger partial charge in [0.25, 0.3) is 0 Å². The number of rotatable bonds is 6. The van der Waals surface area contributed by atoms with Crippen LogP contribution in [0.3, 0.4) is 0 Å². The summed E-state index contributed by atoms with van der Waals surface area (Å²) >= 11 is 0. The molecule has 37 heavy (non-hydrogen) atoms. The van der Waals surface area contributed by atoms with Crippen molar-refractivity contribution in [3.05, 3.63) is 54.5 Å². The average molecular weight is 502 g/mol. The van der Waals surface area contributed by atoms with E-state index in [9.17, 15) is 9.90 Å². The molecule has 0 spiro atoms. The molecule has 10 nitrogen and oxygen atoms in total. The van der Waals surface area contributed by atoms with Gasteiger partial charge >= 0.3 is 0 Å². The Morgan fingerprint density at radius 2 is 2.00 bits per heavy atom. The normalized spacial score (nSPS) is 22.2. The molecular formula is C27H31N7O3. The first-order valence-electron chi connectivity index (χ1n) is 12.8. The van der Waals surface area contributed by atoms with Crippen LogP contribution in [0, 0.1) is 0 Å². The summed E-state index contributed by atoms with van der Waals surface area (Å²) in [5.74, 6) is 0.332. The minimum absolute atomic E-state index is 0.0508. The number of ether oxygens (including phenoxy) is 1. The number of aliphatic hydroxyl groups excluding tert-OH is 1. The number of carbonyl (C=O) groups excluding carboxylic acids is 1. The smallest absolute Gasteiger partial charge is 0.230 e. The van der Waals surface area contributed by atoms with Crippen molar-refractivity contribution < 1.29 is 14.6 Å². The maximum absolute atomic E-state index is 13.1. The standard InChI is InChI=1S/C27H31N7O3/c1-2-29-26(36)27(14-20(35)15-27)18-5-3-4-17(12-18)23-13-21(24-25(28)30-16-32-34(23)24)22-6-9-31-33(22)19-7-10-37-11-8-19/h3-6,9,12-13,16,19-20,35H,2,7-8,10-11,14-15H2,1H3,(H,29,36)(H2,28,30,32). The Kier molecular flexibility index (Phi) is 5.92. The highest BCUT2D eigenvalue weighted by Gasteiger charge is 2.50. The summed E-state index contributed by atoms with van der Waals surface area (Å²) in [4.78, 5) is 17.3. The summed E-state index contributed by atoms with van der Waals surface area (Å²) in [6.45, 7) is 3.87. The third-order valence-electron chi connectivity index (χ3n) is 7.72. The lowest BCUT2D eigenvalue weighted by atomic mass is 9.62. The van der Waals surface area contributed by atoms with E-state index in [-0.39, 0.29) is 11.9 Å². The Hall–Kier alpha value is -3.76. The second kappa shape index (κ2) is 9.28. The van der Waals surface area contributed by atoms with Gasteiger partial charge < -0.3 is 20.9 Å². The lowest BCUT2D eigenvalue weighted by Crippen LogP contribution is -2.55. The molecule has 1 aromatic carbocycles. The van der Waals surface area contributed by atoms with Gasteiger partial charge in [-0.3, -0.25) is 9.48 Å². The van der Waals surface area contributed by atoms with E-state index in [0.29, 0.717) is 43.9 Å². The molecule has 10 heteroatoms. The van der Waals surface area contributed by atoms with Crippen LogP contribution < -0.4 is 11.1 Å². The number of amides is 1. The highest BCUT2D eigenvalue weighted by molar-refractivity contribution is 5.92. The van der Waals surface area contributed by atoms with Crippen molar-refractivity contribution in [3.8, 4) is 22.5 Å². The van der Waals surface area contributed by atoms with Crippen LogP contribution in [0.5, 0.6) is 0 Å². The van der Waals surface area contributed by atoms with Gasteiger partial charge in [0.2, 0.25) is 5.91 Å². The molecule has 0 bridgehead atoms. The van der Waals surface area contributed by atoms with E-state index in [2.05, 4.69) is 31.2 Å². The lowest BCUT2D eigenvalue weighted by Gasteiger charge is -2.44. The molecule has 4 aromatic rings. The number of likely N-dealkylation sites (N-methyl/N-ethyl adjacent to an activating group) is 1. The number of nitrogens with zero attached hydrogens (tertiary/aromatic N) is 5. The van der Waals surface area contributed by atoms with Gasteiger partial charge in [-0.25, -0.2) is 9.50 Å². The summed E-state index contributed by atoms with van der Waals surface area (Å²) in [5, 5.41) is 22.3. The second-order valence-electron chi connectivity index (χ2n) is 9.94. The van der Waals surface area contributed by atoms with Crippen LogP contribution in [0.4, 0.5) is 5.82 Å². The molecule has 0 radical (unpaired) electrons. The molecule has 1 aliphatic carbocycles. The van der Waals surface area contributed by atoms with Gasteiger partial charge in [0, 0.05) is 37.1 Å². The Balaban J connectivity index is 1.47. The van der Waals surface area contributed by atoms with Crippen molar-refractivity contribution in [2.75, 3.05) is 25.5 Å². The molecule has 4 heterocycles. The van der Waals surface area contributed by atoms with E-state index < -0.39 is 11.5 Å². The quantitative estimate of drug-likeness (QED) is 0.370. The van der Waals surface area contributed by atoms with Gasteiger partial charge in [0.05, 0.1) is 28.9 Å². The van der Waals surface area contributed by atoms with E-state index in [1.165, 1.54) is 6.33 Å². The lowest BCUT2D eigenvalue weighted by molar-refractivity contribution is -0.135. The van der Waals surface area contributed by atoms with Gasteiger partial charge in [-0.15, -0.1) is 0 Å². The first-order valence-corrected chi connectivity index (χ1v) is 12.8. The van der Waals surface area contributed by atoms with E-state index in [1.807, 2.05) is 48.0 Å². The predicted octanol–water partition coefficient (Wildman–Crippen LogP) is 2.72. The summed E-state index contributed by atoms with van der Waals surface area (Å²) in [7, 11) is 0. The van der Waals surface area contributed by atoms with Gasteiger partial charge in [-0.1, -0.05) is 18.2 Å². The van der Waals surface area contributed by atoms with Crippen LogP contribution >= 0.6 is 0 Å². The zero-order chi connectivity index (χ0) is 25.6. The summed E-state index contributed by atoms with van der Waals surface area (Å²) in [6, 6.07) is 12.3. The van der Waals surface area contributed by atoms with E-state index >= 15 is 0 Å². The Morgan fingerprint density at radius 3 is 2.76 bits per heavy atom. The van der Waals surface area contributed by atoms with Crippen molar-refractivity contribution in [1.82, 2.24) is 29.7 Å². The van der Waals surface area contributed by atoms with Crippen LogP contribution in [0.15, 0.2) is 48.9 Å². The van der Waals surface area contributed by atoms with Crippen LogP contribution in [-0.2, 0) is 14.9 Å². The number of aliphatic hydroxyl groups is 1. The molecule has 2 aliphatic rings. The van der Waals surface area contributed by atoms with Crippen LogP contribution in [-0.4, -0.2) is 61.3 Å². The SMILES string of the molecule is CCNC(=O)C1(c2cccc(-c3cc(-c4ccnn4C4CCOCC4)c4c(N)ncnn34)c2)CC(O)C1. The van der Waals surface area contributed by atoms with Crippen LogP contribution in [0.25, 0.3) is 28.0 Å². The van der Waals surface area contributed by atoms with Crippen molar-refractivity contribution in [1.29, 1.82) is 0 Å². The van der Waals surface area contributed by atoms with Crippen molar-refractivity contribution in [3.63, 3.8) is 0 Å². The summed E-state index contributed by atoms with van der Waals surface area (Å²) < 4.78 is 9.43. The highest BCUT2D eigenvalue weighted by Crippen LogP contribution is 2.45. The van der Waals surface area contributed by atoms with Gasteiger partial charge in [0.15, 0.2) is 5.82 Å². The molecule has 0 atom stereocenters. The molecule has 1 amide bonds. The number of aromatic nitrogens is 5. The first kappa shape index (κ1) is 23.6. The zero-order valence-electron chi connectivity index (χ0n) is 20.8. The Labute approximate surface area is 214 Å². The Bertz CT molecular complexity index is 1450. The third kappa shape index (κ3) is 3.87. The first-order chi connectivity index (χ1) is 18.0. The summed E-state index contributed by atoms with van der Waals surface area (Å²) in [5.41, 5.74) is 10.9. The zero-order valence-corrected chi connectivity index (χ0v) is 20.8. The largest absolute Gasteiger partial charge is 0.393 e. The summed E-state index contributed by atoms with van der Waals surface area (Å²) in [6.07, 6.45) is 5.39. The molecule has 192 valence electrons. The maximum atomic E-state index is 13.1. The molecule has 3 aromatic heterocycles. The molecule has 1 saturated carbocycles. The molecule has 0 unspecified atom stereocenters. The molecule has 1 aliphatic heterocycles. The van der Waals surface area contributed by atoms with E-state index in [1.54, 1.807) is 0 Å². The molecule has 4 N–H and O–H groups in total. The monoisotopic (exact) mass is 501 g/mol. The fourth-order valence-electron chi connectivity index (χ4n) is 5.82. The average Bonchev–Trinajstić information content (AvgIpc) is 3.53. The van der Waals surface area contributed by atoms with E-state index in [4.69, 9.17) is 10.5 Å². The van der Waals surface area contributed by atoms with E-state index in [0.717, 1.165) is 40.9 Å². The minimum atomic E-state index is -0.739. The highest BCUT2D eigenvalue weighted by atomic mass is 16.5. The second-order valence-corrected chi connectivity index (χ2v) is 9.94. The number of anilines is 1. The third-order valence-corrected chi connectivity index (χ3v) is 7.72. The van der Waals surface area contributed by atoms with Crippen molar-refractivity contribution in [2.45, 2.75) is 50.2 Å². The molecular weight excluding hydrogens is 470 g/mol. The van der Waals surface area contributed by atoms with Crippen LogP contribution in [0.1, 0.15) is 44.2 Å². The number of nitrogens with one attached hydrogen (secondary N) is 1. The molecule has 1 saturated heterocycles. The van der Waals surface area contributed by atoms with Crippen molar-refractivity contribution >= 4 is 17.2 Å². The number of nitrogen functional groups attached to an aromatic ring is 1. The minimum Gasteiger partial charge on any atom is -0.393 e. The topological polar surface area (TPSA) is 133 Å². The van der Waals surface area contributed by atoms with Gasteiger partial charge in [-0.2, -0.15) is 10.2 Å². The van der Waals surface area contributed by atoms with Crippen LogP contribution in [0.2, 0.25) is 0 Å². The predicted molar refractivity (Wildman–Crippen MR) is 139 cm³/mol. The van der Waals surface area contributed by atoms with Gasteiger partial charge in [-0.05, 0) is 56.4 Å². The fraction of sp³-hybridized carbons (Fsp3) is 0.407. The number of benzene rings is 1. The number of hydrogen-bond acceptors (Lipinski definition) is 7. The Morgan fingerprint density at radius 1 is 1.19 bits per heavy atom. The van der Waals surface area contributed by atoms with Gasteiger partial charge in [0.1, 0.15) is 11.8 Å². The fourth-order valence-corrected chi connectivity index (χ4v) is 5.82. The maximum Gasteiger partial charge on any atom is 0.230 e. The molecule has 6 rings (SSSR count). The number of nitrogens with two attached hydrogens (primary N) is 1. The number of hydrogen-bond donors (Lipinski definition) is 3. The molecule has 2 fully saturated rings. The number of carbonyl (C=O) groups is 1. The number of fused-ring (bicyclic) bond motifs is 1. The van der Waals surface area contributed by atoms with Crippen molar-refractivity contribution in [2.24, 2.45) is 0 Å².